The van der Waals surface area contributed by atoms with Gasteiger partial charge >= 0.3 is 0 Å². The largest absolute Gasteiger partial charge is 0.393 e. The van der Waals surface area contributed by atoms with E-state index < -0.39 is 24.5 Å². The van der Waals surface area contributed by atoms with E-state index in [4.69, 9.17) is 9.84 Å². The van der Waals surface area contributed by atoms with Gasteiger partial charge in [-0.2, -0.15) is 0 Å². The van der Waals surface area contributed by atoms with Gasteiger partial charge in [0.15, 0.2) is 6.23 Å². The molecule has 0 spiro atoms. The van der Waals surface area contributed by atoms with E-state index >= 15 is 0 Å². The molecule has 0 bridgehead atoms. The van der Waals surface area contributed by atoms with Gasteiger partial charge in [0.05, 0.1) is 25.1 Å². The van der Waals surface area contributed by atoms with Crippen LogP contribution in [0.15, 0.2) is 6.20 Å². The molecule has 0 aliphatic carbocycles. The third-order valence-electron chi connectivity index (χ3n) is 2.59. The normalized spacial score (nSPS) is 36.0. The Labute approximate surface area is 85.9 Å². The Hall–Kier alpha value is -1.02. The molecular formula is C8H13N3O4. The molecule has 2 heterocycles. The average Bonchev–Trinajstić information content (AvgIpc) is 2.75. The standard InChI is InChI=1S/C8H13N3O4/c1-5-2-9-10-11(5)7-6(13)8(14,3-12)4-15-7/h2,6-7,12-14H,3-4H2,1H3/t6-,7+,8+/m0/s1. The van der Waals surface area contributed by atoms with Crippen LogP contribution in [-0.4, -0.2) is 55.2 Å². The predicted molar refractivity (Wildman–Crippen MR) is 47.8 cm³/mol. The van der Waals surface area contributed by atoms with E-state index in [1.807, 2.05) is 0 Å². The summed E-state index contributed by atoms with van der Waals surface area (Å²) in [6.07, 6.45) is -0.501. The Morgan fingerprint density at radius 3 is 2.93 bits per heavy atom. The lowest BCUT2D eigenvalue weighted by Crippen LogP contribution is -2.46. The van der Waals surface area contributed by atoms with E-state index in [9.17, 15) is 10.2 Å². The quantitative estimate of drug-likeness (QED) is 0.538. The van der Waals surface area contributed by atoms with E-state index in [1.165, 1.54) is 10.9 Å². The summed E-state index contributed by atoms with van der Waals surface area (Å²) < 4.78 is 6.57. The molecule has 1 aliphatic rings. The fraction of sp³-hybridized carbons (Fsp3) is 0.750. The first-order valence-corrected chi connectivity index (χ1v) is 4.58. The smallest absolute Gasteiger partial charge is 0.180 e. The third kappa shape index (κ3) is 1.53. The fourth-order valence-corrected chi connectivity index (χ4v) is 1.56. The Morgan fingerprint density at radius 2 is 2.47 bits per heavy atom. The van der Waals surface area contributed by atoms with Gasteiger partial charge in [0.1, 0.15) is 11.7 Å². The highest BCUT2D eigenvalue weighted by Gasteiger charge is 2.49. The van der Waals surface area contributed by atoms with Crippen molar-refractivity contribution in [1.29, 1.82) is 0 Å². The number of aliphatic hydroxyl groups is 3. The van der Waals surface area contributed by atoms with Crippen molar-refractivity contribution < 1.29 is 20.1 Å². The first kappa shape index (κ1) is 10.5. The van der Waals surface area contributed by atoms with Crippen LogP contribution in [0.1, 0.15) is 11.9 Å². The van der Waals surface area contributed by atoms with Crippen molar-refractivity contribution in [1.82, 2.24) is 15.0 Å². The van der Waals surface area contributed by atoms with E-state index in [0.29, 0.717) is 5.69 Å². The van der Waals surface area contributed by atoms with Crippen molar-refractivity contribution in [2.24, 2.45) is 0 Å². The summed E-state index contributed by atoms with van der Waals surface area (Å²) in [6.45, 7) is 1.07. The molecule has 7 heteroatoms. The second-order valence-corrected chi connectivity index (χ2v) is 3.73. The minimum Gasteiger partial charge on any atom is -0.393 e. The molecule has 1 aromatic rings. The Morgan fingerprint density at radius 1 is 1.73 bits per heavy atom. The number of aliphatic hydroxyl groups excluding tert-OH is 2. The van der Waals surface area contributed by atoms with E-state index in [1.54, 1.807) is 6.92 Å². The van der Waals surface area contributed by atoms with Crippen molar-refractivity contribution in [2.45, 2.75) is 24.9 Å². The highest BCUT2D eigenvalue weighted by molar-refractivity contribution is 4.99. The molecular weight excluding hydrogens is 202 g/mol. The maximum absolute atomic E-state index is 9.78. The Kier molecular flexibility index (Phi) is 2.47. The molecule has 7 nitrogen and oxygen atoms in total. The van der Waals surface area contributed by atoms with Crippen LogP contribution < -0.4 is 0 Å². The van der Waals surface area contributed by atoms with Gasteiger partial charge in [-0.15, -0.1) is 5.10 Å². The van der Waals surface area contributed by atoms with Crippen molar-refractivity contribution in [3.05, 3.63) is 11.9 Å². The van der Waals surface area contributed by atoms with Gasteiger partial charge in [-0.05, 0) is 6.92 Å². The number of aromatic nitrogens is 3. The van der Waals surface area contributed by atoms with Crippen molar-refractivity contribution >= 4 is 0 Å². The lowest BCUT2D eigenvalue weighted by molar-refractivity contribution is -0.0895. The number of hydrogen-bond donors (Lipinski definition) is 3. The van der Waals surface area contributed by atoms with Gasteiger partial charge in [0.2, 0.25) is 0 Å². The number of aryl methyl sites for hydroxylation is 1. The van der Waals surface area contributed by atoms with Crippen molar-refractivity contribution in [2.75, 3.05) is 13.2 Å². The molecule has 0 amide bonds. The molecule has 1 saturated heterocycles. The van der Waals surface area contributed by atoms with Crippen molar-refractivity contribution in [3.8, 4) is 0 Å². The molecule has 84 valence electrons. The molecule has 3 N–H and O–H groups in total. The topological polar surface area (TPSA) is 101 Å². The van der Waals surface area contributed by atoms with Gasteiger partial charge in [-0.3, -0.25) is 0 Å². The Balaban J connectivity index is 2.24. The van der Waals surface area contributed by atoms with Crippen LogP contribution in [0.2, 0.25) is 0 Å². The van der Waals surface area contributed by atoms with E-state index in [2.05, 4.69) is 10.3 Å². The number of nitrogens with zero attached hydrogens (tertiary/aromatic N) is 3. The highest BCUT2D eigenvalue weighted by Crippen LogP contribution is 2.31. The number of rotatable bonds is 2. The van der Waals surface area contributed by atoms with Gasteiger partial charge in [-0.1, -0.05) is 5.21 Å². The zero-order chi connectivity index (χ0) is 11.1. The molecule has 1 aromatic heterocycles. The van der Waals surface area contributed by atoms with Crippen molar-refractivity contribution in [3.63, 3.8) is 0 Å². The predicted octanol–water partition coefficient (Wildman–Crippen LogP) is -1.80. The maximum atomic E-state index is 9.78. The fourth-order valence-electron chi connectivity index (χ4n) is 1.56. The number of hydrogen-bond acceptors (Lipinski definition) is 6. The van der Waals surface area contributed by atoms with Crippen LogP contribution in [0, 0.1) is 6.92 Å². The van der Waals surface area contributed by atoms with Crippen LogP contribution in [0.5, 0.6) is 0 Å². The molecule has 0 unspecified atom stereocenters. The summed E-state index contributed by atoms with van der Waals surface area (Å²) in [6, 6.07) is 0. The monoisotopic (exact) mass is 215 g/mol. The molecule has 3 atom stereocenters. The lowest BCUT2D eigenvalue weighted by Gasteiger charge is -2.23. The zero-order valence-electron chi connectivity index (χ0n) is 8.24. The molecule has 15 heavy (non-hydrogen) atoms. The first-order chi connectivity index (χ1) is 7.08. The summed E-state index contributed by atoms with van der Waals surface area (Å²) >= 11 is 0. The summed E-state index contributed by atoms with van der Waals surface area (Å²) in [7, 11) is 0. The van der Waals surface area contributed by atoms with Crippen LogP contribution in [0.3, 0.4) is 0 Å². The number of ether oxygens (including phenoxy) is 1. The van der Waals surface area contributed by atoms with Crippen LogP contribution >= 0.6 is 0 Å². The van der Waals surface area contributed by atoms with Crippen LogP contribution in [0.4, 0.5) is 0 Å². The molecule has 1 fully saturated rings. The van der Waals surface area contributed by atoms with Gasteiger partial charge in [0.25, 0.3) is 0 Å². The van der Waals surface area contributed by atoms with Gasteiger partial charge in [-0.25, -0.2) is 4.68 Å². The molecule has 0 radical (unpaired) electrons. The highest BCUT2D eigenvalue weighted by atomic mass is 16.6. The summed E-state index contributed by atoms with van der Waals surface area (Å²) in [5.74, 6) is 0. The van der Waals surface area contributed by atoms with Crippen LogP contribution in [0.25, 0.3) is 0 Å². The molecule has 0 saturated carbocycles. The summed E-state index contributed by atoms with van der Waals surface area (Å²) in [4.78, 5) is 0. The minimum atomic E-state index is -1.62. The van der Waals surface area contributed by atoms with Crippen LogP contribution in [-0.2, 0) is 4.74 Å². The SMILES string of the molecule is Cc1cnnn1[C@@H]1OC[C@](O)(CO)[C@H]1O. The zero-order valence-corrected chi connectivity index (χ0v) is 8.24. The molecule has 1 aliphatic heterocycles. The van der Waals surface area contributed by atoms with Gasteiger partial charge in [0, 0.05) is 0 Å². The molecule has 2 rings (SSSR count). The van der Waals surface area contributed by atoms with Gasteiger partial charge < -0.3 is 20.1 Å². The average molecular weight is 215 g/mol. The van der Waals surface area contributed by atoms with E-state index in [0.717, 1.165) is 0 Å². The first-order valence-electron chi connectivity index (χ1n) is 4.58. The third-order valence-corrected chi connectivity index (χ3v) is 2.59. The summed E-state index contributed by atoms with van der Waals surface area (Å²) in [5, 5.41) is 35.9. The molecule has 0 aromatic carbocycles. The Bertz CT molecular complexity index is 355. The second kappa shape index (κ2) is 3.53. The minimum absolute atomic E-state index is 0.130. The summed E-state index contributed by atoms with van der Waals surface area (Å²) in [5.41, 5.74) is -0.912. The maximum Gasteiger partial charge on any atom is 0.180 e. The van der Waals surface area contributed by atoms with E-state index in [-0.39, 0.29) is 6.61 Å². The second-order valence-electron chi connectivity index (χ2n) is 3.73. The lowest BCUT2D eigenvalue weighted by atomic mass is 10.0.